The second kappa shape index (κ2) is 5.63. The minimum Gasteiger partial charge on any atom is -0.496 e. The lowest BCUT2D eigenvalue weighted by atomic mass is 10.2. The summed E-state index contributed by atoms with van der Waals surface area (Å²) < 4.78 is 6.91. The first-order chi connectivity index (χ1) is 9.04. The van der Waals surface area contributed by atoms with Crippen molar-refractivity contribution in [2.45, 2.75) is 0 Å². The van der Waals surface area contributed by atoms with Crippen LogP contribution < -0.4 is 15.8 Å². The molecule has 1 heterocycles. The molecule has 0 saturated heterocycles. The van der Waals surface area contributed by atoms with Gasteiger partial charge in [0.1, 0.15) is 10.6 Å². The molecule has 0 atom stereocenters. The molecule has 0 fully saturated rings. The molecule has 100 valence electrons. The van der Waals surface area contributed by atoms with Gasteiger partial charge in [-0.25, -0.2) is 0 Å². The van der Waals surface area contributed by atoms with E-state index in [4.69, 9.17) is 10.5 Å². The van der Waals surface area contributed by atoms with Gasteiger partial charge in [0, 0.05) is 15.7 Å². The van der Waals surface area contributed by atoms with Crippen molar-refractivity contribution < 1.29 is 9.53 Å². The summed E-state index contributed by atoms with van der Waals surface area (Å²) in [5.41, 5.74) is 6.51. The topological polar surface area (TPSA) is 64.3 Å². The third-order valence-corrected chi connectivity index (χ3v) is 4.03. The monoisotopic (exact) mass is 340 g/mol. The van der Waals surface area contributed by atoms with Crippen LogP contribution in [0, 0.1) is 0 Å². The zero-order valence-corrected chi connectivity index (χ0v) is 12.7. The van der Waals surface area contributed by atoms with E-state index in [1.807, 2.05) is 18.2 Å². The van der Waals surface area contributed by atoms with Crippen molar-refractivity contribution in [2.24, 2.45) is 0 Å². The van der Waals surface area contributed by atoms with Crippen LogP contribution in [0.3, 0.4) is 0 Å². The molecule has 0 spiro atoms. The van der Waals surface area contributed by atoms with Gasteiger partial charge < -0.3 is 15.8 Å². The standard InChI is InChI=1S/C13H13BrN2O2S/c1-7(14)6-16-13(17)12-11(15)10-8(18-2)4-3-5-9(10)19-12/h3-5H,1,6,15H2,2H3,(H,16,17). The summed E-state index contributed by atoms with van der Waals surface area (Å²) in [4.78, 5) is 12.5. The number of halogens is 1. The number of hydrogen-bond acceptors (Lipinski definition) is 4. The van der Waals surface area contributed by atoms with Crippen molar-refractivity contribution in [3.63, 3.8) is 0 Å². The van der Waals surface area contributed by atoms with E-state index in [0.717, 1.165) is 10.1 Å². The van der Waals surface area contributed by atoms with E-state index < -0.39 is 0 Å². The summed E-state index contributed by atoms with van der Waals surface area (Å²) in [6.07, 6.45) is 0. The lowest BCUT2D eigenvalue weighted by Gasteiger charge is -2.04. The lowest BCUT2D eigenvalue weighted by Crippen LogP contribution is -2.24. The molecule has 0 aliphatic carbocycles. The van der Waals surface area contributed by atoms with Crippen molar-refractivity contribution in [3.8, 4) is 5.75 Å². The Morgan fingerprint density at radius 2 is 2.32 bits per heavy atom. The molecular formula is C13H13BrN2O2S. The van der Waals surface area contributed by atoms with Gasteiger partial charge in [-0.05, 0) is 12.1 Å². The molecule has 0 unspecified atom stereocenters. The van der Waals surface area contributed by atoms with Crippen molar-refractivity contribution in [1.82, 2.24) is 5.32 Å². The number of methoxy groups -OCH3 is 1. The van der Waals surface area contributed by atoms with Crippen LogP contribution in [0.4, 0.5) is 5.69 Å². The van der Waals surface area contributed by atoms with Crippen LogP contribution in [-0.4, -0.2) is 19.6 Å². The van der Waals surface area contributed by atoms with E-state index in [-0.39, 0.29) is 5.91 Å². The van der Waals surface area contributed by atoms with E-state index >= 15 is 0 Å². The van der Waals surface area contributed by atoms with Gasteiger partial charge in [-0.15, -0.1) is 11.3 Å². The minimum atomic E-state index is -0.207. The number of thiophene rings is 1. The maximum atomic E-state index is 12.1. The fourth-order valence-corrected chi connectivity index (χ4v) is 2.93. The number of nitrogens with one attached hydrogen (secondary N) is 1. The molecule has 1 amide bonds. The number of carbonyl (C=O) groups excluding carboxylic acids is 1. The number of nitrogens with two attached hydrogens (primary N) is 1. The summed E-state index contributed by atoms with van der Waals surface area (Å²) in [6.45, 7) is 4.03. The van der Waals surface area contributed by atoms with Gasteiger partial charge >= 0.3 is 0 Å². The molecule has 19 heavy (non-hydrogen) atoms. The van der Waals surface area contributed by atoms with Crippen molar-refractivity contribution >= 4 is 48.9 Å². The minimum absolute atomic E-state index is 0.207. The van der Waals surface area contributed by atoms with E-state index in [1.54, 1.807) is 7.11 Å². The molecule has 2 aromatic rings. The second-order valence-electron chi connectivity index (χ2n) is 3.88. The predicted octanol–water partition coefficient (Wildman–Crippen LogP) is 3.13. The van der Waals surface area contributed by atoms with Crippen molar-refractivity contribution in [3.05, 3.63) is 34.1 Å². The van der Waals surface area contributed by atoms with Crippen molar-refractivity contribution in [1.29, 1.82) is 0 Å². The molecule has 4 nitrogen and oxygen atoms in total. The maximum absolute atomic E-state index is 12.1. The Labute approximate surface area is 123 Å². The van der Waals surface area contributed by atoms with Gasteiger partial charge in [-0.1, -0.05) is 28.6 Å². The number of hydrogen-bond donors (Lipinski definition) is 2. The number of amides is 1. The number of benzene rings is 1. The number of rotatable bonds is 4. The van der Waals surface area contributed by atoms with Crippen LogP contribution in [0.5, 0.6) is 5.75 Å². The summed E-state index contributed by atoms with van der Waals surface area (Å²) in [6, 6.07) is 5.62. The molecule has 0 radical (unpaired) electrons. The van der Waals surface area contributed by atoms with Crippen LogP contribution in [0.25, 0.3) is 10.1 Å². The van der Waals surface area contributed by atoms with E-state index in [2.05, 4.69) is 27.8 Å². The zero-order chi connectivity index (χ0) is 14.0. The SMILES string of the molecule is C=C(Br)CNC(=O)c1sc2cccc(OC)c2c1N. The molecule has 0 bridgehead atoms. The number of anilines is 1. The molecule has 0 aliphatic rings. The Balaban J connectivity index is 2.42. The average molecular weight is 341 g/mol. The first-order valence-corrected chi connectivity index (χ1v) is 7.12. The Morgan fingerprint density at radius 1 is 1.58 bits per heavy atom. The Morgan fingerprint density at radius 3 is 2.95 bits per heavy atom. The predicted molar refractivity (Wildman–Crippen MR) is 83.2 cm³/mol. The molecule has 1 aromatic carbocycles. The van der Waals surface area contributed by atoms with E-state index in [9.17, 15) is 4.79 Å². The van der Waals surface area contributed by atoms with Gasteiger partial charge in [0.25, 0.3) is 5.91 Å². The number of carbonyl (C=O) groups is 1. The van der Waals surface area contributed by atoms with Crippen LogP contribution in [0.1, 0.15) is 9.67 Å². The van der Waals surface area contributed by atoms with Gasteiger partial charge in [0.05, 0.1) is 18.2 Å². The molecule has 6 heteroatoms. The van der Waals surface area contributed by atoms with Gasteiger partial charge in [-0.2, -0.15) is 0 Å². The van der Waals surface area contributed by atoms with Crippen LogP contribution in [0.15, 0.2) is 29.3 Å². The fraction of sp³-hybridized carbons (Fsp3) is 0.154. The third-order valence-electron chi connectivity index (χ3n) is 2.58. The van der Waals surface area contributed by atoms with Gasteiger partial charge in [-0.3, -0.25) is 4.79 Å². The highest BCUT2D eigenvalue weighted by atomic mass is 79.9. The number of nitrogen functional groups attached to an aromatic ring is 1. The summed E-state index contributed by atoms with van der Waals surface area (Å²) in [7, 11) is 1.58. The van der Waals surface area contributed by atoms with E-state index in [1.165, 1.54) is 11.3 Å². The molecular weight excluding hydrogens is 328 g/mol. The Hall–Kier alpha value is -1.53. The molecule has 0 saturated carbocycles. The Kier molecular flexibility index (Phi) is 4.11. The fourth-order valence-electron chi connectivity index (χ4n) is 1.74. The highest BCUT2D eigenvalue weighted by molar-refractivity contribution is 9.11. The van der Waals surface area contributed by atoms with Crippen LogP contribution in [0.2, 0.25) is 0 Å². The zero-order valence-electron chi connectivity index (χ0n) is 10.3. The first kappa shape index (κ1) is 13.9. The molecule has 0 aliphatic heterocycles. The maximum Gasteiger partial charge on any atom is 0.263 e. The highest BCUT2D eigenvalue weighted by Gasteiger charge is 2.18. The van der Waals surface area contributed by atoms with E-state index in [0.29, 0.717) is 27.3 Å². The molecule has 1 aromatic heterocycles. The van der Waals surface area contributed by atoms with Crippen molar-refractivity contribution in [2.75, 3.05) is 19.4 Å². The average Bonchev–Trinajstić information content (AvgIpc) is 2.73. The first-order valence-electron chi connectivity index (χ1n) is 5.51. The summed E-state index contributed by atoms with van der Waals surface area (Å²) in [5, 5.41) is 3.53. The normalized spacial score (nSPS) is 10.4. The summed E-state index contributed by atoms with van der Waals surface area (Å²) >= 11 is 4.55. The van der Waals surface area contributed by atoms with Gasteiger partial charge in [0.2, 0.25) is 0 Å². The number of fused-ring (bicyclic) bond motifs is 1. The highest BCUT2D eigenvalue weighted by Crippen LogP contribution is 2.39. The second-order valence-corrected chi connectivity index (χ2v) is 6.05. The quantitative estimate of drug-likeness (QED) is 0.898. The summed E-state index contributed by atoms with van der Waals surface area (Å²) in [5.74, 6) is 0.469. The third kappa shape index (κ3) is 2.74. The lowest BCUT2D eigenvalue weighted by molar-refractivity contribution is 0.0962. The number of ether oxygens (including phenoxy) is 1. The van der Waals surface area contributed by atoms with Crippen LogP contribution >= 0.6 is 27.3 Å². The smallest absolute Gasteiger partial charge is 0.263 e. The van der Waals surface area contributed by atoms with Crippen LogP contribution in [-0.2, 0) is 0 Å². The largest absolute Gasteiger partial charge is 0.496 e. The Bertz CT molecular complexity index is 651. The molecule has 2 rings (SSSR count). The molecule has 3 N–H and O–H groups in total. The van der Waals surface area contributed by atoms with Gasteiger partial charge in [0.15, 0.2) is 0 Å².